The number of aryl methyl sites for hydroxylation is 2. The van der Waals surface area contributed by atoms with E-state index in [1.54, 1.807) is 6.20 Å². The van der Waals surface area contributed by atoms with Gasteiger partial charge in [-0.25, -0.2) is 0 Å². The molecule has 0 atom stereocenters. The zero-order chi connectivity index (χ0) is 8.43. The first-order chi connectivity index (χ1) is 5.16. The average molecular weight is 149 g/mol. The summed E-state index contributed by atoms with van der Waals surface area (Å²) in [7, 11) is 0. The van der Waals surface area contributed by atoms with Crippen molar-refractivity contribution in [2.75, 3.05) is 0 Å². The summed E-state index contributed by atoms with van der Waals surface area (Å²) in [4.78, 5) is 14.6. The second-order valence-corrected chi connectivity index (χ2v) is 2.68. The Bertz CT molecular complexity index is 292. The number of hydrogen-bond acceptors (Lipinski definition) is 2. The minimum atomic E-state index is 0.727. The van der Waals surface area contributed by atoms with Crippen LogP contribution in [0.1, 0.15) is 27.2 Å². The number of rotatable bonds is 1. The van der Waals surface area contributed by atoms with E-state index >= 15 is 0 Å². The molecule has 11 heavy (non-hydrogen) atoms. The van der Waals surface area contributed by atoms with E-state index in [0.29, 0.717) is 0 Å². The van der Waals surface area contributed by atoms with Gasteiger partial charge in [0.15, 0.2) is 6.29 Å². The number of nitrogens with zero attached hydrogens (tertiary/aromatic N) is 1. The molecule has 1 heterocycles. The van der Waals surface area contributed by atoms with Crippen molar-refractivity contribution in [2.24, 2.45) is 0 Å². The number of aromatic nitrogens is 1. The highest BCUT2D eigenvalue weighted by molar-refractivity contribution is 5.79. The van der Waals surface area contributed by atoms with Crippen molar-refractivity contribution in [3.05, 3.63) is 28.6 Å². The fourth-order valence-electron chi connectivity index (χ4n) is 1.02. The highest BCUT2D eigenvalue weighted by Gasteiger charge is 2.03. The molecule has 0 aliphatic heterocycles. The molecule has 0 aliphatic carbocycles. The van der Waals surface area contributed by atoms with Crippen molar-refractivity contribution in [2.45, 2.75) is 20.8 Å². The van der Waals surface area contributed by atoms with Gasteiger partial charge in [0, 0.05) is 17.5 Å². The molecular weight excluding hydrogens is 138 g/mol. The molecule has 1 aromatic rings. The smallest absolute Gasteiger partial charge is 0.152 e. The SMILES string of the molecule is Cc1cnc(C)c(C=O)c1C. The van der Waals surface area contributed by atoms with Crippen LogP contribution in [0.4, 0.5) is 0 Å². The normalized spacial score (nSPS) is 9.73. The number of carbonyl (C=O) groups is 1. The number of carbonyl (C=O) groups excluding carboxylic acids is 1. The van der Waals surface area contributed by atoms with Crippen LogP contribution in [0, 0.1) is 20.8 Å². The zero-order valence-electron chi connectivity index (χ0n) is 7.01. The topological polar surface area (TPSA) is 30.0 Å². The maximum atomic E-state index is 10.6. The molecule has 0 N–H and O–H groups in total. The molecule has 0 fully saturated rings. The molecule has 2 heteroatoms. The van der Waals surface area contributed by atoms with E-state index in [-0.39, 0.29) is 0 Å². The lowest BCUT2D eigenvalue weighted by atomic mass is 10.1. The van der Waals surface area contributed by atoms with Crippen LogP contribution in [0.3, 0.4) is 0 Å². The van der Waals surface area contributed by atoms with E-state index in [2.05, 4.69) is 4.98 Å². The first kappa shape index (κ1) is 7.92. The number of pyridine rings is 1. The summed E-state index contributed by atoms with van der Waals surface area (Å²) < 4.78 is 0. The minimum absolute atomic E-state index is 0.727. The Balaban J connectivity index is 3.40. The van der Waals surface area contributed by atoms with Gasteiger partial charge in [-0.15, -0.1) is 0 Å². The fraction of sp³-hybridized carbons (Fsp3) is 0.333. The number of hydrogen-bond donors (Lipinski definition) is 0. The van der Waals surface area contributed by atoms with Gasteiger partial charge in [-0.2, -0.15) is 0 Å². The van der Waals surface area contributed by atoms with Gasteiger partial charge in [0.25, 0.3) is 0 Å². The molecule has 0 saturated carbocycles. The summed E-state index contributed by atoms with van der Waals surface area (Å²) in [5.41, 5.74) is 3.64. The van der Waals surface area contributed by atoms with Gasteiger partial charge in [-0.3, -0.25) is 9.78 Å². The average Bonchev–Trinajstić information content (AvgIpc) is 1.99. The summed E-state index contributed by atoms with van der Waals surface area (Å²) in [5.74, 6) is 0. The molecule has 1 aromatic heterocycles. The Hall–Kier alpha value is -1.18. The van der Waals surface area contributed by atoms with Crippen LogP contribution < -0.4 is 0 Å². The van der Waals surface area contributed by atoms with E-state index in [1.165, 1.54) is 0 Å². The molecule has 0 amide bonds. The molecule has 58 valence electrons. The van der Waals surface area contributed by atoms with E-state index in [4.69, 9.17) is 0 Å². The van der Waals surface area contributed by atoms with Gasteiger partial charge in [0.2, 0.25) is 0 Å². The van der Waals surface area contributed by atoms with Crippen LogP contribution in [-0.4, -0.2) is 11.3 Å². The second kappa shape index (κ2) is 2.82. The monoisotopic (exact) mass is 149 g/mol. The van der Waals surface area contributed by atoms with Crippen molar-refractivity contribution in [1.82, 2.24) is 4.98 Å². The molecule has 0 aliphatic rings. The second-order valence-electron chi connectivity index (χ2n) is 2.68. The Morgan fingerprint density at radius 3 is 2.45 bits per heavy atom. The Morgan fingerprint density at radius 1 is 1.36 bits per heavy atom. The molecule has 2 nitrogen and oxygen atoms in total. The molecule has 0 aromatic carbocycles. The largest absolute Gasteiger partial charge is 0.298 e. The van der Waals surface area contributed by atoms with Gasteiger partial charge in [0.1, 0.15) is 0 Å². The van der Waals surface area contributed by atoms with E-state index in [9.17, 15) is 4.79 Å². The van der Waals surface area contributed by atoms with Crippen molar-refractivity contribution in [3.8, 4) is 0 Å². The van der Waals surface area contributed by atoms with Crippen LogP contribution in [0.25, 0.3) is 0 Å². The molecule has 0 saturated heterocycles. The third-order valence-electron chi connectivity index (χ3n) is 1.96. The van der Waals surface area contributed by atoms with Gasteiger partial charge in [-0.05, 0) is 31.9 Å². The summed E-state index contributed by atoms with van der Waals surface area (Å²) in [5, 5.41) is 0. The maximum Gasteiger partial charge on any atom is 0.152 e. The Labute approximate surface area is 66.3 Å². The predicted molar refractivity (Wildman–Crippen MR) is 43.8 cm³/mol. The lowest BCUT2D eigenvalue weighted by Crippen LogP contribution is -1.96. The first-order valence-electron chi connectivity index (χ1n) is 3.54. The fourth-order valence-corrected chi connectivity index (χ4v) is 1.02. The molecule has 0 radical (unpaired) electrons. The van der Waals surface area contributed by atoms with Crippen molar-refractivity contribution in [3.63, 3.8) is 0 Å². The standard InChI is InChI=1S/C9H11NO/c1-6-4-10-8(3)9(5-11)7(6)2/h4-5H,1-3H3. The zero-order valence-corrected chi connectivity index (χ0v) is 7.01. The third-order valence-corrected chi connectivity index (χ3v) is 1.96. The number of aldehydes is 1. The highest BCUT2D eigenvalue weighted by Crippen LogP contribution is 2.12. The van der Waals surface area contributed by atoms with Crippen LogP contribution in [0.15, 0.2) is 6.20 Å². The van der Waals surface area contributed by atoms with E-state index in [0.717, 1.165) is 28.7 Å². The van der Waals surface area contributed by atoms with Crippen molar-refractivity contribution < 1.29 is 4.79 Å². The van der Waals surface area contributed by atoms with Gasteiger partial charge in [0.05, 0.1) is 0 Å². The molecule has 0 spiro atoms. The first-order valence-corrected chi connectivity index (χ1v) is 3.54. The predicted octanol–water partition coefficient (Wildman–Crippen LogP) is 1.82. The van der Waals surface area contributed by atoms with Crippen LogP contribution in [0.5, 0.6) is 0 Å². The molecular formula is C9H11NO. The maximum absolute atomic E-state index is 10.6. The lowest BCUT2D eigenvalue weighted by molar-refractivity contribution is 0.112. The molecule has 1 rings (SSSR count). The van der Waals surface area contributed by atoms with Crippen molar-refractivity contribution >= 4 is 6.29 Å². The van der Waals surface area contributed by atoms with Crippen LogP contribution in [-0.2, 0) is 0 Å². The Kier molecular flexibility index (Phi) is 2.03. The summed E-state index contributed by atoms with van der Waals surface area (Å²) in [6.07, 6.45) is 2.66. The van der Waals surface area contributed by atoms with E-state index in [1.807, 2.05) is 20.8 Å². The van der Waals surface area contributed by atoms with Crippen LogP contribution in [0.2, 0.25) is 0 Å². The van der Waals surface area contributed by atoms with Crippen LogP contribution >= 0.6 is 0 Å². The van der Waals surface area contributed by atoms with Gasteiger partial charge in [-0.1, -0.05) is 0 Å². The third kappa shape index (κ3) is 1.29. The summed E-state index contributed by atoms with van der Waals surface area (Å²) in [6.45, 7) is 5.73. The van der Waals surface area contributed by atoms with E-state index < -0.39 is 0 Å². The quantitative estimate of drug-likeness (QED) is 0.570. The summed E-state index contributed by atoms with van der Waals surface area (Å²) in [6, 6.07) is 0. The van der Waals surface area contributed by atoms with Gasteiger partial charge >= 0.3 is 0 Å². The Morgan fingerprint density at radius 2 is 2.00 bits per heavy atom. The molecule has 0 bridgehead atoms. The summed E-state index contributed by atoms with van der Waals surface area (Å²) >= 11 is 0. The molecule has 0 unspecified atom stereocenters. The lowest BCUT2D eigenvalue weighted by Gasteiger charge is -2.04. The highest BCUT2D eigenvalue weighted by atomic mass is 16.1. The minimum Gasteiger partial charge on any atom is -0.298 e. The van der Waals surface area contributed by atoms with Crippen molar-refractivity contribution in [1.29, 1.82) is 0 Å². The van der Waals surface area contributed by atoms with Gasteiger partial charge < -0.3 is 0 Å².